The van der Waals surface area contributed by atoms with Gasteiger partial charge in [0.25, 0.3) is 0 Å². The predicted octanol–water partition coefficient (Wildman–Crippen LogP) is 4.05. The van der Waals surface area contributed by atoms with E-state index in [-0.39, 0.29) is 0 Å². The summed E-state index contributed by atoms with van der Waals surface area (Å²) in [5, 5.41) is 10.2. The van der Waals surface area contributed by atoms with Gasteiger partial charge < -0.3 is 14.7 Å². The normalized spacial score (nSPS) is 14.5. The van der Waals surface area contributed by atoms with Gasteiger partial charge in [-0.05, 0) is 45.1 Å². The lowest BCUT2D eigenvalue weighted by atomic mass is 10.1. The van der Waals surface area contributed by atoms with Crippen molar-refractivity contribution in [2.75, 3.05) is 53.6 Å². The maximum atomic E-state index is 8.96. The fraction of sp³-hybridized carbons (Fsp3) is 1.00. The van der Waals surface area contributed by atoms with Gasteiger partial charge in [0, 0.05) is 47.0 Å². The van der Waals surface area contributed by atoms with E-state index in [0.29, 0.717) is 6.10 Å². The molecule has 1 N–H and O–H groups in total. The highest BCUT2D eigenvalue weighted by molar-refractivity contribution is 4.79. The largest absolute Gasteiger partial charge is 0.381 e. The van der Waals surface area contributed by atoms with Gasteiger partial charge in [0.2, 0.25) is 0 Å². The van der Waals surface area contributed by atoms with E-state index in [9.17, 15) is 0 Å². The number of rotatable bonds is 13. The summed E-state index contributed by atoms with van der Waals surface area (Å²) in [6.45, 7) is 13.9. The Morgan fingerprint density at radius 3 is 1.96 bits per heavy atom. The van der Waals surface area contributed by atoms with Crippen LogP contribution < -0.4 is 0 Å². The molecule has 1 rings (SSSR count). The van der Waals surface area contributed by atoms with Crippen LogP contribution in [0.1, 0.15) is 66.2 Å². The van der Waals surface area contributed by atoms with Crippen LogP contribution >= 0.6 is 0 Å². The van der Waals surface area contributed by atoms with Crippen molar-refractivity contribution in [3.63, 3.8) is 0 Å². The Morgan fingerprint density at radius 2 is 1.46 bits per heavy atom. The van der Waals surface area contributed by atoms with Gasteiger partial charge in [0.05, 0.1) is 6.10 Å². The first-order valence-electron chi connectivity index (χ1n) is 9.95. The van der Waals surface area contributed by atoms with Crippen LogP contribution in [0.2, 0.25) is 0 Å². The molecule has 0 aromatic rings. The molecule has 1 aliphatic rings. The SMILES string of the molecule is CC.CC.COC1CN(CCCCCOCCCCCN(C)O)C1. The van der Waals surface area contributed by atoms with Crippen LogP contribution in [-0.4, -0.2) is 74.8 Å². The Morgan fingerprint density at radius 1 is 0.917 bits per heavy atom. The van der Waals surface area contributed by atoms with Crippen molar-refractivity contribution in [3.8, 4) is 0 Å². The number of methoxy groups -OCH3 is 1. The van der Waals surface area contributed by atoms with Gasteiger partial charge in [-0.2, -0.15) is 5.06 Å². The third kappa shape index (κ3) is 16.7. The van der Waals surface area contributed by atoms with E-state index in [1.165, 1.54) is 30.9 Å². The standard InChI is InChI=1S/C15H32N2O3.2C2H6/c1-16(18)9-5-3-7-11-20-12-8-4-6-10-17-13-15(14-17)19-2;2*1-2/h15,18H,3-14H2,1-2H3;2*1-2H3. The molecule has 5 heteroatoms. The van der Waals surface area contributed by atoms with Crippen LogP contribution in [-0.2, 0) is 9.47 Å². The monoisotopic (exact) mass is 348 g/mol. The molecule has 0 aliphatic carbocycles. The summed E-state index contributed by atoms with van der Waals surface area (Å²) in [5.41, 5.74) is 0. The molecule has 0 spiro atoms. The molecule has 1 saturated heterocycles. The molecule has 0 aromatic heterocycles. The van der Waals surface area contributed by atoms with Crippen molar-refractivity contribution in [2.45, 2.75) is 72.3 Å². The van der Waals surface area contributed by atoms with Crippen LogP contribution in [0, 0.1) is 0 Å². The Kier molecular flexibility index (Phi) is 22.6. The molecule has 0 atom stereocenters. The summed E-state index contributed by atoms with van der Waals surface area (Å²) in [7, 11) is 3.48. The van der Waals surface area contributed by atoms with Gasteiger partial charge in [-0.15, -0.1) is 0 Å². The summed E-state index contributed by atoms with van der Waals surface area (Å²) in [6.07, 6.45) is 7.42. The highest BCUT2D eigenvalue weighted by Gasteiger charge is 2.25. The lowest BCUT2D eigenvalue weighted by Crippen LogP contribution is -2.51. The Labute approximate surface area is 151 Å². The summed E-state index contributed by atoms with van der Waals surface area (Å²) >= 11 is 0. The zero-order valence-corrected chi connectivity index (χ0v) is 17.2. The van der Waals surface area contributed by atoms with Crippen molar-refractivity contribution >= 4 is 0 Å². The van der Waals surface area contributed by atoms with E-state index in [1.54, 1.807) is 14.2 Å². The van der Waals surface area contributed by atoms with E-state index in [0.717, 1.165) is 52.1 Å². The van der Waals surface area contributed by atoms with Crippen molar-refractivity contribution in [1.82, 2.24) is 9.96 Å². The fourth-order valence-corrected chi connectivity index (χ4v) is 2.39. The first-order valence-corrected chi connectivity index (χ1v) is 9.95. The minimum Gasteiger partial charge on any atom is -0.381 e. The molecule has 24 heavy (non-hydrogen) atoms. The van der Waals surface area contributed by atoms with Gasteiger partial charge in [0.15, 0.2) is 0 Å². The van der Waals surface area contributed by atoms with E-state index < -0.39 is 0 Å². The zero-order chi connectivity index (χ0) is 18.6. The predicted molar refractivity (Wildman–Crippen MR) is 103 cm³/mol. The molecule has 1 fully saturated rings. The van der Waals surface area contributed by atoms with Crippen LogP contribution in [0.15, 0.2) is 0 Å². The minimum atomic E-state index is 0.476. The van der Waals surface area contributed by atoms with Gasteiger partial charge in [-0.1, -0.05) is 27.7 Å². The van der Waals surface area contributed by atoms with Crippen LogP contribution in [0.25, 0.3) is 0 Å². The van der Waals surface area contributed by atoms with Gasteiger partial charge in [-0.3, -0.25) is 4.90 Å². The molecule has 5 nitrogen and oxygen atoms in total. The summed E-state index contributed by atoms with van der Waals surface area (Å²) < 4.78 is 10.9. The average molecular weight is 349 g/mol. The number of hydroxylamine groups is 2. The van der Waals surface area contributed by atoms with Gasteiger partial charge in [0.1, 0.15) is 0 Å². The molecule has 0 radical (unpaired) electrons. The van der Waals surface area contributed by atoms with Gasteiger partial charge in [-0.25, -0.2) is 0 Å². The third-order valence-corrected chi connectivity index (χ3v) is 3.79. The maximum Gasteiger partial charge on any atom is 0.0824 e. The number of hydrogen-bond acceptors (Lipinski definition) is 5. The minimum absolute atomic E-state index is 0.476. The summed E-state index contributed by atoms with van der Waals surface area (Å²) in [4.78, 5) is 2.45. The second kappa shape index (κ2) is 20.8. The first-order chi connectivity index (χ1) is 11.7. The molecule has 0 unspecified atom stereocenters. The van der Waals surface area contributed by atoms with E-state index in [2.05, 4.69) is 4.90 Å². The van der Waals surface area contributed by atoms with Crippen LogP contribution in [0.4, 0.5) is 0 Å². The number of nitrogens with zero attached hydrogens (tertiary/aromatic N) is 2. The third-order valence-electron chi connectivity index (χ3n) is 3.79. The lowest BCUT2D eigenvalue weighted by Gasteiger charge is -2.38. The molecule has 1 heterocycles. The van der Waals surface area contributed by atoms with Crippen molar-refractivity contribution in [1.29, 1.82) is 0 Å². The van der Waals surface area contributed by atoms with E-state index in [4.69, 9.17) is 14.7 Å². The Balaban J connectivity index is 0. The smallest absolute Gasteiger partial charge is 0.0824 e. The average Bonchev–Trinajstić information content (AvgIpc) is 2.57. The molecule has 0 amide bonds. The second-order valence-corrected chi connectivity index (χ2v) is 5.73. The highest BCUT2D eigenvalue weighted by atomic mass is 16.5. The number of unbranched alkanes of at least 4 members (excludes halogenated alkanes) is 4. The maximum absolute atomic E-state index is 8.96. The molecular formula is C19H44N2O3. The van der Waals surface area contributed by atoms with Crippen LogP contribution in [0.3, 0.4) is 0 Å². The van der Waals surface area contributed by atoms with Crippen LogP contribution in [0.5, 0.6) is 0 Å². The lowest BCUT2D eigenvalue weighted by molar-refractivity contribution is -0.0658. The molecule has 0 aromatic carbocycles. The molecule has 0 bridgehead atoms. The topological polar surface area (TPSA) is 45.2 Å². The summed E-state index contributed by atoms with van der Waals surface area (Å²) in [6, 6.07) is 0. The van der Waals surface area contributed by atoms with Crippen molar-refractivity contribution in [3.05, 3.63) is 0 Å². The zero-order valence-electron chi connectivity index (χ0n) is 17.2. The second-order valence-electron chi connectivity index (χ2n) is 5.73. The molecular weight excluding hydrogens is 304 g/mol. The first kappa shape index (κ1) is 26.0. The number of ether oxygens (including phenoxy) is 2. The van der Waals surface area contributed by atoms with Crippen molar-refractivity contribution < 1.29 is 14.7 Å². The summed E-state index contributed by atoms with van der Waals surface area (Å²) in [5.74, 6) is 0. The van der Waals surface area contributed by atoms with Gasteiger partial charge >= 0.3 is 0 Å². The number of likely N-dealkylation sites (tertiary alicyclic amines) is 1. The number of hydrogen-bond donors (Lipinski definition) is 1. The highest BCUT2D eigenvalue weighted by Crippen LogP contribution is 2.11. The van der Waals surface area contributed by atoms with E-state index >= 15 is 0 Å². The quantitative estimate of drug-likeness (QED) is 0.402. The Hall–Kier alpha value is -0.200. The molecule has 0 saturated carbocycles. The van der Waals surface area contributed by atoms with E-state index in [1.807, 2.05) is 27.7 Å². The molecule has 1 aliphatic heterocycles. The fourth-order valence-electron chi connectivity index (χ4n) is 2.39. The molecule has 148 valence electrons. The van der Waals surface area contributed by atoms with Crippen molar-refractivity contribution in [2.24, 2.45) is 0 Å². The Bertz CT molecular complexity index is 223.